The van der Waals surface area contributed by atoms with E-state index in [9.17, 15) is 0 Å². The summed E-state index contributed by atoms with van der Waals surface area (Å²) in [5.74, 6) is 1.36. The molecule has 1 heterocycles. The van der Waals surface area contributed by atoms with Gasteiger partial charge in [0.25, 0.3) is 0 Å². The molecule has 18 heavy (non-hydrogen) atoms. The van der Waals surface area contributed by atoms with Crippen LogP contribution in [0, 0.1) is 0 Å². The number of aromatic nitrogens is 2. The van der Waals surface area contributed by atoms with E-state index in [4.69, 9.17) is 10.5 Å². The van der Waals surface area contributed by atoms with Gasteiger partial charge in [-0.2, -0.15) is 0 Å². The fraction of sp³-hybridized carbons (Fsp3) is 0.167. The number of rotatable bonds is 4. The maximum absolute atomic E-state index is 5.69. The van der Waals surface area contributed by atoms with Crippen LogP contribution in [-0.4, -0.2) is 9.97 Å². The molecule has 0 spiro atoms. The van der Waals surface area contributed by atoms with Crippen molar-refractivity contribution in [2.24, 2.45) is 5.73 Å². The van der Waals surface area contributed by atoms with Crippen molar-refractivity contribution >= 4 is 31.9 Å². The highest BCUT2D eigenvalue weighted by Gasteiger charge is 2.09. The molecule has 1 aromatic carbocycles. The first-order valence-electron chi connectivity index (χ1n) is 5.27. The smallest absolute Gasteiger partial charge is 0.166 e. The molecule has 1 aromatic heterocycles. The normalized spacial score (nSPS) is 10.4. The van der Waals surface area contributed by atoms with E-state index in [1.807, 2.05) is 12.1 Å². The molecule has 94 valence electrons. The van der Waals surface area contributed by atoms with E-state index in [2.05, 4.69) is 41.8 Å². The first-order chi connectivity index (χ1) is 8.70. The molecule has 0 aliphatic carbocycles. The Hall–Kier alpha value is -0.980. The Labute approximate surface area is 122 Å². The highest BCUT2D eigenvalue weighted by Crippen LogP contribution is 2.35. The lowest BCUT2D eigenvalue weighted by Crippen LogP contribution is -2.02. The Bertz CT molecular complexity index is 511. The molecule has 2 aromatic rings. The molecule has 4 nitrogen and oxygen atoms in total. The van der Waals surface area contributed by atoms with Crippen LogP contribution in [0.1, 0.15) is 11.4 Å². The van der Waals surface area contributed by atoms with Crippen molar-refractivity contribution in [2.75, 3.05) is 0 Å². The Morgan fingerprint density at radius 2 is 1.72 bits per heavy atom. The number of halogens is 2. The lowest BCUT2D eigenvalue weighted by molar-refractivity contribution is 0.292. The SMILES string of the molecule is NCc1cc(Br)c(OCc2ncccn2)c(Br)c1. The zero-order chi connectivity index (χ0) is 13.0. The van der Waals surface area contributed by atoms with Crippen LogP contribution in [0.5, 0.6) is 5.75 Å². The van der Waals surface area contributed by atoms with Crippen LogP contribution in [0.25, 0.3) is 0 Å². The Balaban J connectivity index is 2.15. The molecular weight excluding hydrogens is 362 g/mol. The Morgan fingerprint density at radius 3 is 2.28 bits per heavy atom. The molecule has 2 N–H and O–H groups in total. The van der Waals surface area contributed by atoms with Gasteiger partial charge in [-0.3, -0.25) is 0 Å². The molecule has 0 saturated carbocycles. The quantitative estimate of drug-likeness (QED) is 0.895. The summed E-state index contributed by atoms with van der Waals surface area (Å²) in [6, 6.07) is 5.64. The lowest BCUT2D eigenvalue weighted by Gasteiger charge is -2.11. The topological polar surface area (TPSA) is 61.0 Å². The van der Waals surface area contributed by atoms with Gasteiger partial charge in [-0.05, 0) is 55.6 Å². The van der Waals surface area contributed by atoms with Crippen LogP contribution in [-0.2, 0) is 13.2 Å². The third-order valence-electron chi connectivity index (χ3n) is 2.26. The molecule has 0 fully saturated rings. The van der Waals surface area contributed by atoms with Gasteiger partial charge in [0, 0.05) is 18.9 Å². The van der Waals surface area contributed by atoms with E-state index >= 15 is 0 Å². The standard InChI is InChI=1S/C12H11Br2N3O/c13-9-4-8(6-15)5-10(14)12(9)18-7-11-16-2-1-3-17-11/h1-5H,6-7,15H2. The maximum Gasteiger partial charge on any atom is 0.166 e. The summed E-state index contributed by atoms with van der Waals surface area (Å²) in [5.41, 5.74) is 6.63. The highest BCUT2D eigenvalue weighted by atomic mass is 79.9. The van der Waals surface area contributed by atoms with E-state index in [0.717, 1.165) is 20.3 Å². The Kier molecular flexibility index (Phi) is 4.68. The molecular formula is C12H11Br2N3O. The fourth-order valence-electron chi connectivity index (χ4n) is 1.41. The number of benzene rings is 1. The van der Waals surface area contributed by atoms with Gasteiger partial charge in [0.2, 0.25) is 0 Å². The van der Waals surface area contributed by atoms with Gasteiger partial charge in [-0.15, -0.1) is 0 Å². The van der Waals surface area contributed by atoms with Gasteiger partial charge in [0.1, 0.15) is 12.4 Å². The van der Waals surface area contributed by atoms with Gasteiger partial charge in [-0.25, -0.2) is 9.97 Å². The van der Waals surface area contributed by atoms with Crippen LogP contribution < -0.4 is 10.5 Å². The molecule has 0 atom stereocenters. The summed E-state index contributed by atoms with van der Waals surface area (Å²) in [7, 11) is 0. The molecule has 2 rings (SSSR count). The lowest BCUT2D eigenvalue weighted by atomic mass is 10.2. The highest BCUT2D eigenvalue weighted by molar-refractivity contribution is 9.11. The summed E-state index contributed by atoms with van der Waals surface area (Å²) in [5, 5.41) is 0. The van der Waals surface area contributed by atoms with Gasteiger partial charge < -0.3 is 10.5 Å². The second-order valence-corrected chi connectivity index (χ2v) is 5.26. The maximum atomic E-state index is 5.69. The predicted molar refractivity (Wildman–Crippen MR) is 76.1 cm³/mol. The summed E-state index contributed by atoms with van der Waals surface area (Å²) < 4.78 is 7.40. The number of nitrogens with two attached hydrogens (primary N) is 1. The predicted octanol–water partition coefficient (Wildman–Crippen LogP) is 3.04. The minimum Gasteiger partial charge on any atom is -0.483 e. The van der Waals surface area contributed by atoms with E-state index in [1.54, 1.807) is 18.5 Å². The van der Waals surface area contributed by atoms with Crippen molar-refractivity contribution < 1.29 is 4.74 Å². The number of nitrogens with zero attached hydrogens (tertiary/aromatic N) is 2. The second-order valence-electron chi connectivity index (χ2n) is 3.55. The minimum absolute atomic E-state index is 0.319. The number of ether oxygens (including phenoxy) is 1. The molecule has 0 bridgehead atoms. The summed E-state index contributed by atoms with van der Waals surface area (Å²) in [4.78, 5) is 8.20. The van der Waals surface area contributed by atoms with Crippen LogP contribution in [0.15, 0.2) is 39.5 Å². The molecule has 0 radical (unpaired) electrons. The zero-order valence-corrected chi connectivity index (χ0v) is 12.6. The number of hydrogen-bond donors (Lipinski definition) is 1. The van der Waals surface area contributed by atoms with E-state index in [-0.39, 0.29) is 0 Å². The van der Waals surface area contributed by atoms with Gasteiger partial charge in [0.15, 0.2) is 5.82 Å². The van der Waals surface area contributed by atoms with Gasteiger partial charge >= 0.3 is 0 Å². The third-order valence-corrected chi connectivity index (χ3v) is 3.44. The zero-order valence-electron chi connectivity index (χ0n) is 9.44. The van der Waals surface area contributed by atoms with Crippen molar-refractivity contribution in [1.29, 1.82) is 0 Å². The molecule has 0 aliphatic rings. The van der Waals surface area contributed by atoms with E-state index < -0.39 is 0 Å². The Morgan fingerprint density at radius 1 is 1.11 bits per heavy atom. The molecule has 0 amide bonds. The van der Waals surface area contributed by atoms with Crippen molar-refractivity contribution in [3.63, 3.8) is 0 Å². The van der Waals surface area contributed by atoms with Crippen molar-refractivity contribution in [1.82, 2.24) is 9.97 Å². The first kappa shape index (κ1) is 13.5. The minimum atomic E-state index is 0.319. The molecule has 6 heteroatoms. The van der Waals surface area contributed by atoms with Crippen molar-refractivity contribution in [2.45, 2.75) is 13.2 Å². The van der Waals surface area contributed by atoms with E-state index in [0.29, 0.717) is 19.0 Å². The van der Waals surface area contributed by atoms with Crippen molar-refractivity contribution in [3.8, 4) is 5.75 Å². The summed E-state index contributed by atoms with van der Waals surface area (Å²) in [6.07, 6.45) is 3.38. The largest absolute Gasteiger partial charge is 0.483 e. The van der Waals surface area contributed by atoms with Crippen LogP contribution in [0.4, 0.5) is 0 Å². The summed E-state index contributed by atoms with van der Waals surface area (Å²) >= 11 is 6.92. The summed E-state index contributed by atoms with van der Waals surface area (Å²) in [6.45, 7) is 0.805. The average molecular weight is 373 g/mol. The monoisotopic (exact) mass is 371 g/mol. The second kappa shape index (κ2) is 6.26. The first-order valence-corrected chi connectivity index (χ1v) is 6.86. The fourth-order valence-corrected chi connectivity index (χ4v) is 2.92. The van der Waals surface area contributed by atoms with Crippen LogP contribution in [0.3, 0.4) is 0 Å². The number of hydrogen-bond acceptors (Lipinski definition) is 4. The molecule has 0 saturated heterocycles. The van der Waals surface area contributed by atoms with Gasteiger partial charge in [-0.1, -0.05) is 0 Å². The average Bonchev–Trinajstić information content (AvgIpc) is 2.38. The van der Waals surface area contributed by atoms with Crippen LogP contribution >= 0.6 is 31.9 Å². The molecule has 0 aliphatic heterocycles. The molecule has 0 unspecified atom stereocenters. The van der Waals surface area contributed by atoms with Crippen LogP contribution in [0.2, 0.25) is 0 Å². The van der Waals surface area contributed by atoms with Gasteiger partial charge in [0.05, 0.1) is 8.95 Å². The van der Waals surface area contributed by atoms with E-state index in [1.165, 1.54) is 0 Å². The van der Waals surface area contributed by atoms with Crippen molar-refractivity contribution in [3.05, 3.63) is 50.9 Å². The third kappa shape index (κ3) is 3.28.